The van der Waals surface area contributed by atoms with Crippen LogP contribution in [0.3, 0.4) is 0 Å². The van der Waals surface area contributed by atoms with Gasteiger partial charge >= 0.3 is 6.03 Å². The maximum Gasteiger partial charge on any atom is 0.327 e. The molecule has 2 heterocycles. The first-order valence-electron chi connectivity index (χ1n) is 10.9. The summed E-state index contributed by atoms with van der Waals surface area (Å²) in [7, 11) is 2.90. The van der Waals surface area contributed by atoms with E-state index >= 15 is 0 Å². The molecular weight excluding hydrogens is 517 g/mol. The molecule has 2 aromatic heterocycles. The van der Waals surface area contributed by atoms with Crippen LogP contribution in [0.4, 0.5) is 33.5 Å². The molecule has 0 unspecified atom stereocenters. The Morgan fingerprint density at radius 3 is 2.59 bits per heavy atom. The fraction of sp³-hybridized carbons (Fsp3) is 0.120. The Hall–Kier alpha value is -4.28. The molecule has 0 fully saturated rings. The molecule has 0 saturated carbocycles. The van der Waals surface area contributed by atoms with E-state index in [-0.39, 0.29) is 28.0 Å². The minimum Gasteiger partial charge on any atom is -0.493 e. The van der Waals surface area contributed by atoms with Crippen molar-refractivity contribution in [1.82, 2.24) is 15.0 Å². The molecule has 37 heavy (non-hydrogen) atoms. The summed E-state index contributed by atoms with van der Waals surface area (Å²) in [6.45, 7) is 0.145. The minimum absolute atomic E-state index is 0.0890. The van der Waals surface area contributed by atoms with E-state index in [1.54, 1.807) is 30.6 Å². The number of pyridine rings is 1. The van der Waals surface area contributed by atoms with E-state index in [2.05, 4.69) is 25.6 Å². The molecule has 0 atom stereocenters. The number of nitrogens with one attached hydrogen (secondary N) is 2. The van der Waals surface area contributed by atoms with Crippen LogP contribution in [0.2, 0.25) is 10.0 Å². The predicted octanol–water partition coefficient (Wildman–Crippen LogP) is 5.76. The number of hydrogen-bond acceptors (Lipinski definition) is 8. The molecule has 4 aromatic rings. The van der Waals surface area contributed by atoms with Crippen LogP contribution in [0, 0.1) is 0 Å². The molecule has 0 bridgehead atoms. The van der Waals surface area contributed by atoms with Gasteiger partial charge in [0.15, 0.2) is 11.5 Å². The molecule has 4 rings (SSSR count). The monoisotopic (exact) mass is 539 g/mol. The van der Waals surface area contributed by atoms with Crippen LogP contribution >= 0.6 is 23.2 Å². The number of methoxy groups -OCH3 is 2. The second-order valence-electron chi connectivity index (χ2n) is 7.63. The van der Waals surface area contributed by atoms with Crippen molar-refractivity contribution < 1.29 is 14.3 Å². The fourth-order valence-electron chi connectivity index (χ4n) is 3.45. The third-order valence-corrected chi connectivity index (χ3v) is 5.92. The Morgan fingerprint density at radius 1 is 1.08 bits per heavy atom. The molecule has 2 aromatic carbocycles. The summed E-state index contributed by atoms with van der Waals surface area (Å²) in [5, 5.41) is 6.17. The van der Waals surface area contributed by atoms with Gasteiger partial charge in [-0.2, -0.15) is 0 Å². The Bertz CT molecular complexity index is 1410. The molecule has 0 aliphatic carbocycles. The summed E-state index contributed by atoms with van der Waals surface area (Å²) >= 11 is 12.9. The van der Waals surface area contributed by atoms with Crippen LogP contribution in [-0.2, 0) is 6.54 Å². The fourth-order valence-corrected chi connectivity index (χ4v) is 4.06. The van der Waals surface area contributed by atoms with Crippen LogP contribution in [0.15, 0.2) is 67.3 Å². The van der Waals surface area contributed by atoms with E-state index in [0.29, 0.717) is 28.8 Å². The number of halogens is 2. The maximum absolute atomic E-state index is 13.6. The van der Waals surface area contributed by atoms with Gasteiger partial charge in [0.1, 0.15) is 23.0 Å². The average molecular weight is 540 g/mol. The first kappa shape index (κ1) is 25.8. The Morgan fingerprint density at radius 2 is 1.89 bits per heavy atom. The van der Waals surface area contributed by atoms with Gasteiger partial charge in [0.25, 0.3) is 0 Å². The number of carbonyl (C=O) groups excluding carboxylic acids is 1. The van der Waals surface area contributed by atoms with Gasteiger partial charge in [-0.1, -0.05) is 41.4 Å². The molecule has 4 N–H and O–H groups in total. The first-order valence-corrected chi connectivity index (χ1v) is 11.7. The van der Waals surface area contributed by atoms with E-state index < -0.39 is 6.03 Å². The van der Waals surface area contributed by atoms with E-state index in [4.69, 9.17) is 38.4 Å². The number of nitrogens with zero attached hydrogens (tertiary/aromatic N) is 4. The van der Waals surface area contributed by atoms with Crippen LogP contribution in [0.1, 0.15) is 5.56 Å². The number of hydrogen-bond donors (Lipinski definition) is 3. The smallest absolute Gasteiger partial charge is 0.327 e. The standard InChI is InChI=1S/C25H23Cl2N7O3/c1-36-19-10-16(26)23(22(27)24(19)37-2)33-25(35)34(13-15-6-5-9-29-12-15)21-11-20(30-14-31-21)32-18-8-4-3-7-17(18)28/h3-12,14H,13,28H2,1-2H3,(H,33,35)(H,30,31,32). The summed E-state index contributed by atoms with van der Waals surface area (Å²) < 4.78 is 10.6. The summed E-state index contributed by atoms with van der Waals surface area (Å²) in [4.78, 5) is 27.7. The Kier molecular flexibility index (Phi) is 8.11. The van der Waals surface area contributed by atoms with Gasteiger partial charge in [0, 0.05) is 24.5 Å². The number of ether oxygens (including phenoxy) is 2. The SMILES string of the molecule is COc1cc(Cl)c(NC(=O)N(Cc2cccnc2)c2cc(Nc3ccccc3N)ncn2)c(Cl)c1OC. The molecular formula is C25H23Cl2N7O3. The highest BCUT2D eigenvalue weighted by atomic mass is 35.5. The molecule has 0 saturated heterocycles. The second-order valence-corrected chi connectivity index (χ2v) is 8.42. The van der Waals surface area contributed by atoms with Crippen molar-refractivity contribution >= 4 is 57.9 Å². The van der Waals surface area contributed by atoms with Crippen LogP contribution in [-0.4, -0.2) is 35.2 Å². The predicted molar refractivity (Wildman–Crippen MR) is 145 cm³/mol. The van der Waals surface area contributed by atoms with E-state index in [0.717, 1.165) is 5.56 Å². The molecule has 190 valence electrons. The van der Waals surface area contributed by atoms with Crippen molar-refractivity contribution in [3.8, 4) is 11.5 Å². The number of para-hydroxylation sites is 2. The van der Waals surface area contributed by atoms with E-state index in [9.17, 15) is 4.79 Å². The summed E-state index contributed by atoms with van der Waals surface area (Å²) in [6.07, 6.45) is 4.65. The molecule has 0 aliphatic rings. The molecule has 0 spiro atoms. The van der Waals surface area contributed by atoms with Crippen LogP contribution < -0.4 is 30.7 Å². The first-order chi connectivity index (χ1) is 17.9. The highest BCUT2D eigenvalue weighted by molar-refractivity contribution is 6.41. The highest BCUT2D eigenvalue weighted by Crippen LogP contribution is 2.44. The zero-order chi connectivity index (χ0) is 26.4. The number of benzene rings is 2. The molecule has 0 aliphatic heterocycles. The van der Waals surface area contributed by atoms with Crippen molar-refractivity contribution in [2.45, 2.75) is 6.54 Å². The molecule has 12 heteroatoms. The highest BCUT2D eigenvalue weighted by Gasteiger charge is 2.24. The number of carbonyl (C=O) groups is 1. The van der Waals surface area contributed by atoms with Gasteiger partial charge in [-0.15, -0.1) is 0 Å². The van der Waals surface area contributed by atoms with Crippen LogP contribution in [0.25, 0.3) is 0 Å². The van der Waals surface area contributed by atoms with E-state index in [1.165, 1.54) is 31.5 Å². The normalized spacial score (nSPS) is 10.5. The van der Waals surface area contributed by atoms with Gasteiger partial charge < -0.3 is 25.8 Å². The topological polar surface area (TPSA) is 128 Å². The molecule has 10 nitrogen and oxygen atoms in total. The van der Waals surface area contributed by atoms with Gasteiger partial charge in [-0.25, -0.2) is 14.8 Å². The minimum atomic E-state index is -0.552. The van der Waals surface area contributed by atoms with Gasteiger partial charge in [-0.05, 0) is 23.8 Å². The average Bonchev–Trinajstić information content (AvgIpc) is 2.91. The van der Waals surface area contributed by atoms with Crippen LogP contribution in [0.5, 0.6) is 11.5 Å². The number of nitrogen functional groups attached to an aromatic ring is 1. The number of urea groups is 1. The summed E-state index contributed by atoms with van der Waals surface area (Å²) in [5.74, 6) is 1.31. The van der Waals surface area contributed by atoms with Gasteiger partial charge in [-0.3, -0.25) is 9.88 Å². The number of rotatable bonds is 8. The largest absolute Gasteiger partial charge is 0.493 e. The summed E-state index contributed by atoms with van der Waals surface area (Å²) in [6, 6.07) is 13.5. The maximum atomic E-state index is 13.6. The van der Waals surface area contributed by atoms with Gasteiger partial charge in [0.2, 0.25) is 0 Å². The quantitative estimate of drug-likeness (QED) is 0.241. The lowest BCUT2D eigenvalue weighted by Crippen LogP contribution is -2.35. The molecule has 2 amide bonds. The molecule has 0 radical (unpaired) electrons. The number of amides is 2. The van der Waals surface area contributed by atoms with Crippen molar-refractivity contribution in [2.75, 3.05) is 35.5 Å². The van der Waals surface area contributed by atoms with Crippen molar-refractivity contribution in [3.05, 3.63) is 82.9 Å². The number of nitrogens with two attached hydrogens (primary N) is 1. The van der Waals surface area contributed by atoms with Crippen molar-refractivity contribution in [2.24, 2.45) is 0 Å². The number of anilines is 5. The van der Waals surface area contributed by atoms with Crippen molar-refractivity contribution in [3.63, 3.8) is 0 Å². The second kappa shape index (κ2) is 11.6. The zero-order valence-corrected chi connectivity index (χ0v) is 21.4. The van der Waals surface area contributed by atoms with Crippen molar-refractivity contribution in [1.29, 1.82) is 0 Å². The Balaban J connectivity index is 1.69. The number of aromatic nitrogens is 3. The van der Waals surface area contributed by atoms with E-state index in [1.807, 2.05) is 24.3 Å². The third-order valence-electron chi connectivity index (χ3n) is 5.26. The van der Waals surface area contributed by atoms with Gasteiger partial charge in [0.05, 0.1) is 42.8 Å². The lowest BCUT2D eigenvalue weighted by Gasteiger charge is -2.24. The zero-order valence-electron chi connectivity index (χ0n) is 19.9. The third kappa shape index (κ3) is 5.93. The Labute approximate surface area is 223 Å². The summed E-state index contributed by atoms with van der Waals surface area (Å²) in [5.41, 5.74) is 8.18. The lowest BCUT2D eigenvalue weighted by molar-refractivity contribution is 0.256. The lowest BCUT2D eigenvalue weighted by atomic mass is 10.2.